The molecule has 0 aromatic carbocycles. The van der Waals surface area contributed by atoms with E-state index in [-0.39, 0.29) is 0 Å². The van der Waals surface area contributed by atoms with Crippen molar-refractivity contribution in [3.63, 3.8) is 0 Å². The SMILES string of the molecule is CC(O)c1nc(C2CCCSC2)no1. The third-order valence-electron chi connectivity index (χ3n) is 2.34. The molecule has 0 radical (unpaired) electrons. The van der Waals surface area contributed by atoms with Crippen LogP contribution in [0.2, 0.25) is 0 Å². The van der Waals surface area contributed by atoms with Crippen LogP contribution in [-0.4, -0.2) is 26.8 Å². The van der Waals surface area contributed by atoms with Gasteiger partial charge in [-0.25, -0.2) is 0 Å². The number of rotatable bonds is 2. The Morgan fingerprint density at radius 3 is 3.07 bits per heavy atom. The molecule has 0 saturated carbocycles. The van der Waals surface area contributed by atoms with Crippen LogP contribution < -0.4 is 0 Å². The summed E-state index contributed by atoms with van der Waals surface area (Å²) >= 11 is 1.93. The highest BCUT2D eigenvalue weighted by atomic mass is 32.2. The fourth-order valence-electron chi connectivity index (χ4n) is 1.53. The highest BCUT2D eigenvalue weighted by molar-refractivity contribution is 7.99. The lowest BCUT2D eigenvalue weighted by atomic mass is 10.1. The molecule has 5 heteroatoms. The summed E-state index contributed by atoms with van der Waals surface area (Å²) in [6.07, 6.45) is 1.69. The first-order chi connectivity index (χ1) is 6.77. The molecule has 2 rings (SSSR count). The topological polar surface area (TPSA) is 59.2 Å². The predicted molar refractivity (Wildman–Crippen MR) is 54.2 cm³/mol. The molecule has 0 bridgehead atoms. The van der Waals surface area contributed by atoms with E-state index in [1.54, 1.807) is 6.92 Å². The molecule has 1 fully saturated rings. The zero-order valence-electron chi connectivity index (χ0n) is 8.14. The minimum absolute atomic E-state index is 0.329. The van der Waals surface area contributed by atoms with Crippen molar-refractivity contribution in [1.29, 1.82) is 0 Å². The smallest absolute Gasteiger partial charge is 0.255 e. The van der Waals surface area contributed by atoms with E-state index in [0.717, 1.165) is 18.0 Å². The summed E-state index contributed by atoms with van der Waals surface area (Å²) in [5, 5.41) is 13.1. The number of nitrogens with zero attached hydrogens (tertiary/aromatic N) is 2. The molecule has 0 amide bonds. The Morgan fingerprint density at radius 1 is 1.64 bits per heavy atom. The van der Waals surface area contributed by atoms with E-state index in [2.05, 4.69) is 10.1 Å². The fraction of sp³-hybridized carbons (Fsp3) is 0.778. The van der Waals surface area contributed by atoms with Gasteiger partial charge in [0.05, 0.1) is 0 Å². The van der Waals surface area contributed by atoms with Gasteiger partial charge in [-0.1, -0.05) is 5.16 Å². The van der Waals surface area contributed by atoms with Crippen LogP contribution in [0.1, 0.15) is 43.5 Å². The molecule has 4 nitrogen and oxygen atoms in total. The van der Waals surface area contributed by atoms with Crippen LogP contribution in [-0.2, 0) is 0 Å². The minimum Gasteiger partial charge on any atom is -0.384 e. The average molecular weight is 214 g/mol. The first-order valence-corrected chi connectivity index (χ1v) is 6.02. The van der Waals surface area contributed by atoms with Gasteiger partial charge in [0.1, 0.15) is 6.10 Å². The second kappa shape index (κ2) is 4.31. The second-order valence-electron chi connectivity index (χ2n) is 3.58. The van der Waals surface area contributed by atoms with E-state index in [1.165, 1.54) is 12.2 Å². The summed E-state index contributed by atoms with van der Waals surface area (Å²) in [7, 11) is 0. The molecular weight excluding hydrogens is 200 g/mol. The highest BCUT2D eigenvalue weighted by Crippen LogP contribution is 2.29. The number of hydrogen-bond acceptors (Lipinski definition) is 5. The Labute approximate surface area is 87.1 Å². The van der Waals surface area contributed by atoms with E-state index in [9.17, 15) is 5.11 Å². The molecule has 14 heavy (non-hydrogen) atoms. The van der Waals surface area contributed by atoms with Crippen molar-refractivity contribution in [3.05, 3.63) is 11.7 Å². The van der Waals surface area contributed by atoms with Crippen LogP contribution in [0.15, 0.2) is 4.52 Å². The zero-order valence-corrected chi connectivity index (χ0v) is 8.96. The van der Waals surface area contributed by atoms with E-state index >= 15 is 0 Å². The summed E-state index contributed by atoms with van der Waals surface area (Å²) in [5.41, 5.74) is 0. The summed E-state index contributed by atoms with van der Waals surface area (Å²) < 4.78 is 4.96. The van der Waals surface area contributed by atoms with Crippen molar-refractivity contribution in [2.24, 2.45) is 0 Å². The number of hydrogen-bond donors (Lipinski definition) is 1. The monoisotopic (exact) mass is 214 g/mol. The fourth-order valence-corrected chi connectivity index (χ4v) is 2.66. The molecule has 2 unspecified atom stereocenters. The second-order valence-corrected chi connectivity index (χ2v) is 4.73. The number of aromatic nitrogens is 2. The molecule has 2 atom stereocenters. The lowest BCUT2D eigenvalue weighted by Crippen LogP contribution is -2.10. The summed E-state index contributed by atoms with van der Waals surface area (Å²) in [6, 6.07) is 0. The van der Waals surface area contributed by atoms with Gasteiger partial charge in [0.2, 0.25) is 0 Å². The molecule has 0 aliphatic carbocycles. The van der Waals surface area contributed by atoms with Gasteiger partial charge >= 0.3 is 0 Å². The molecule has 1 saturated heterocycles. The van der Waals surface area contributed by atoms with Gasteiger partial charge in [0.15, 0.2) is 5.82 Å². The Bertz CT molecular complexity index is 295. The van der Waals surface area contributed by atoms with Gasteiger partial charge < -0.3 is 9.63 Å². The largest absolute Gasteiger partial charge is 0.384 e. The Hall–Kier alpha value is -0.550. The first kappa shape index (κ1) is 9.98. The van der Waals surface area contributed by atoms with Gasteiger partial charge in [0, 0.05) is 11.7 Å². The lowest BCUT2D eigenvalue weighted by molar-refractivity contribution is 0.151. The summed E-state index contributed by atoms with van der Waals surface area (Å²) in [6.45, 7) is 1.63. The predicted octanol–water partition coefficient (Wildman–Crippen LogP) is 1.73. The molecule has 1 aliphatic heterocycles. The Morgan fingerprint density at radius 2 is 2.50 bits per heavy atom. The van der Waals surface area contributed by atoms with Crippen LogP contribution in [0.25, 0.3) is 0 Å². The normalized spacial score (nSPS) is 24.9. The van der Waals surface area contributed by atoms with Crippen LogP contribution in [0.3, 0.4) is 0 Å². The van der Waals surface area contributed by atoms with E-state index in [0.29, 0.717) is 11.8 Å². The average Bonchev–Trinajstić information content (AvgIpc) is 2.68. The zero-order chi connectivity index (χ0) is 9.97. The third kappa shape index (κ3) is 2.09. The van der Waals surface area contributed by atoms with E-state index in [4.69, 9.17) is 4.52 Å². The Balaban J connectivity index is 2.07. The van der Waals surface area contributed by atoms with Crippen LogP contribution in [0, 0.1) is 0 Å². The van der Waals surface area contributed by atoms with Gasteiger partial charge in [-0.05, 0) is 25.5 Å². The quantitative estimate of drug-likeness (QED) is 0.812. The standard InChI is InChI=1S/C9H14N2O2S/c1-6(12)9-10-8(11-13-9)7-3-2-4-14-5-7/h6-7,12H,2-5H2,1H3. The minimum atomic E-state index is -0.660. The van der Waals surface area contributed by atoms with Crippen molar-refractivity contribution in [1.82, 2.24) is 10.1 Å². The van der Waals surface area contributed by atoms with Gasteiger partial charge in [0.25, 0.3) is 5.89 Å². The van der Waals surface area contributed by atoms with Crippen molar-refractivity contribution in [3.8, 4) is 0 Å². The maximum absolute atomic E-state index is 9.23. The van der Waals surface area contributed by atoms with Gasteiger partial charge in [-0.2, -0.15) is 16.7 Å². The molecule has 78 valence electrons. The number of aliphatic hydroxyl groups is 1. The lowest BCUT2D eigenvalue weighted by Gasteiger charge is -2.17. The molecular formula is C9H14N2O2S. The molecule has 1 aromatic heterocycles. The van der Waals surface area contributed by atoms with Gasteiger partial charge in [-0.15, -0.1) is 0 Å². The molecule has 1 aromatic rings. The maximum Gasteiger partial charge on any atom is 0.255 e. The molecule has 2 heterocycles. The summed E-state index contributed by atoms with van der Waals surface area (Å²) in [4.78, 5) is 4.19. The molecule has 1 N–H and O–H groups in total. The summed E-state index contributed by atoms with van der Waals surface area (Å²) in [5.74, 6) is 3.80. The van der Waals surface area contributed by atoms with Crippen molar-refractivity contribution in [2.45, 2.75) is 31.8 Å². The van der Waals surface area contributed by atoms with Gasteiger partial charge in [-0.3, -0.25) is 0 Å². The highest BCUT2D eigenvalue weighted by Gasteiger charge is 2.22. The van der Waals surface area contributed by atoms with Crippen molar-refractivity contribution >= 4 is 11.8 Å². The first-order valence-electron chi connectivity index (χ1n) is 4.86. The van der Waals surface area contributed by atoms with Crippen LogP contribution in [0.5, 0.6) is 0 Å². The Kier molecular flexibility index (Phi) is 3.08. The van der Waals surface area contributed by atoms with Crippen LogP contribution in [0.4, 0.5) is 0 Å². The van der Waals surface area contributed by atoms with Crippen LogP contribution >= 0.6 is 11.8 Å². The van der Waals surface area contributed by atoms with Crippen molar-refractivity contribution < 1.29 is 9.63 Å². The maximum atomic E-state index is 9.23. The molecule has 0 spiro atoms. The molecule has 1 aliphatic rings. The van der Waals surface area contributed by atoms with E-state index in [1.807, 2.05) is 11.8 Å². The van der Waals surface area contributed by atoms with Crippen molar-refractivity contribution in [2.75, 3.05) is 11.5 Å². The van der Waals surface area contributed by atoms with E-state index < -0.39 is 6.10 Å². The third-order valence-corrected chi connectivity index (χ3v) is 3.56. The number of aliphatic hydroxyl groups excluding tert-OH is 1. The number of thioether (sulfide) groups is 1.